The van der Waals surface area contributed by atoms with Crippen LogP contribution < -0.4 is 33.9 Å². The smallest absolute Gasteiger partial charge is 0.312 e. The number of nitrogens with zero attached hydrogens (tertiary/aromatic N) is 7. The summed E-state index contributed by atoms with van der Waals surface area (Å²) in [6.07, 6.45) is 8.69. The molecule has 2 aliphatic heterocycles. The van der Waals surface area contributed by atoms with E-state index >= 15 is 4.39 Å². The largest absolute Gasteiger partial charge is 0.491 e. The number of piperazine rings is 1. The fraction of sp³-hybridized carbons (Fsp3) is 0.483. The van der Waals surface area contributed by atoms with Crippen molar-refractivity contribution in [2.45, 2.75) is 114 Å². The minimum Gasteiger partial charge on any atom is -0.491 e. The van der Waals surface area contributed by atoms with Gasteiger partial charge in [0.15, 0.2) is 11.5 Å². The van der Waals surface area contributed by atoms with Crippen molar-refractivity contribution in [3.8, 4) is 29.0 Å². The van der Waals surface area contributed by atoms with Crippen LogP contribution in [0.5, 0.6) is 29.0 Å². The molecule has 2 saturated heterocycles. The van der Waals surface area contributed by atoms with Gasteiger partial charge in [0.2, 0.25) is 5.82 Å². The molecular weight excluding hydrogens is 1050 g/mol. The first-order chi connectivity index (χ1) is 38.3. The number of halogens is 1. The number of sulfonamides is 1. The predicted octanol–water partition coefficient (Wildman–Crippen LogP) is 9.51. The molecule has 6 aromatic rings. The molecule has 4 aromatic heterocycles. The molecule has 1 spiro atoms. The number of fused-ring (bicyclic) bond motifs is 1. The number of aromatic amines is 1. The van der Waals surface area contributed by atoms with Gasteiger partial charge in [-0.05, 0) is 118 Å². The van der Waals surface area contributed by atoms with E-state index in [0.717, 1.165) is 75.2 Å². The highest BCUT2D eigenvalue weighted by Crippen LogP contribution is 2.54. The zero-order valence-corrected chi connectivity index (χ0v) is 47.0. The van der Waals surface area contributed by atoms with Crippen LogP contribution in [0.25, 0.3) is 11.0 Å². The van der Waals surface area contributed by atoms with Gasteiger partial charge in [-0.1, -0.05) is 38.1 Å². The number of hydrogen-bond donors (Lipinski definition) is 4. The van der Waals surface area contributed by atoms with Crippen LogP contribution in [0.4, 0.5) is 21.6 Å². The zero-order valence-electron chi connectivity index (χ0n) is 46.2. The molecular formula is C58H71FN10O10S. The molecule has 22 heteroatoms. The zero-order chi connectivity index (χ0) is 56.5. The summed E-state index contributed by atoms with van der Waals surface area (Å²) in [5.74, 6) is -0.295. The summed E-state index contributed by atoms with van der Waals surface area (Å²) in [7, 11) is -1.54. The molecule has 0 radical (unpaired) electrons. The Labute approximate surface area is 465 Å². The van der Waals surface area contributed by atoms with Gasteiger partial charge in [0.1, 0.15) is 22.1 Å². The summed E-state index contributed by atoms with van der Waals surface area (Å²) in [4.78, 5) is 48.8. The molecule has 6 heterocycles. The van der Waals surface area contributed by atoms with E-state index in [9.17, 15) is 28.4 Å². The Balaban J connectivity index is 0.862. The van der Waals surface area contributed by atoms with Crippen LogP contribution in [0.15, 0.2) is 84.0 Å². The summed E-state index contributed by atoms with van der Waals surface area (Å²) in [5.41, 5.74) is 3.19. The molecule has 1 atom stereocenters. The quantitative estimate of drug-likeness (QED) is 0.0436. The number of hydrogen-bond acceptors (Lipinski definition) is 17. The van der Waals surface area contributed by atoms with Gasteiger partial charge in [-0.2, -0.15) is 4.98 Å². The van der Waals surface area contributed by atoms with E-state index in [2.05, 4.69) is 77.8 Å². The Morgan fingerprint density at radius 1 is 0.950 bits per heavy atom. The minimum absolute atomic E-state index is 0.0133. The predicted molar refractivity (Wildman–Crippen MR) is 300 cm³/mol. The average Bonchev–Trinajstić information content (AvgIpc) is 3.88. The van der Waals surface area contributed by atoms with Gasteiger partial charge in [-0.15, -0.1) is 0 Å². The monoisotopic (exact) mass is 1120 g/mol. The first kappa shape index (κ1) is 56.1. The van der Waals surface area contributed by atoms with Crippen LogP contribution >= 0.6 is 0 Å². The highest BCUT2D eigenvalue weighted by atomic mass is 32.2. The van der Waals surface area contributed by atoms with Crippen molar-refractivity contribution in [3.05, 3.63) is 117 Å². The van der Waals surface area contributed by atoms with Gasteiger partial charge in [0.05, 0.1) is 54.2 Å². The molecule has 426 valence electrons. The van der Waals surface area contributed by atoms with E-state index < -0.39 is 42.9 Å². The highest BCUT2D eigenvalue weighted by molar-refractivity contribution is 7.90. The molecule has 2 saturated carbocycles. The van der Waals surface area contributed by atoms with Crippen molar-refractivity contribution in [1.29, 1.82) is 0 Å². The highest BCUT2D eigenvalue weighted by Gasteiger charge is 2.50. The van der Waals surface area contributed by atoms with E-state index in [-0.39, 0.29) is 63.8 Å². The maximum atomic E-state index is 15.0. The maximum absolute atomic E-state index is 15.0. The number of amides is 1. The first-order valence-electron chi connectivity index (χ1n) is 27.6. The molecule has 0 unspecified atom stereocenters. The fourth-order valence-electron chi connectivity index (χ4n) is 12.2. The van der Waals surface area contributed by atoms with Gasteiger partial charge in [-0.3, -0.25) is 24.7 Å². The van der Waals surface area contributed by atoms with Crippen molar-refractivity contribution in [1.82, 2.24) is 34.5 Å². The lowest BCUT2D eigenvalue weighted by atomic mass is 9.59. The molecule has 0 bridgehead atoms. The lowest BCUT2D eigenvalue weighted by Crippen LogP contribution is -2.60. The van der Waals surface area contributed by atoms with Crippen LogP contribution in [0, 0.1) is 27.3 Å². The van der Waals surface area contributed by atoms with Crippen LogP contribution in [0.3, 0.4) is 0 Å². The summed E-state index contributed by atoms with van der Waals surface area (Å²) in [6.45, 7) is 13.3. The number of methoxy groups -OCH3 is 2. The molecule has 4 fully saturated rings. The number of ether oxygens (including phenoxy) is 4. The van der Waals surface area contributed by atoms with Crippen molar-refractivity contribution in [3.63, 3.8) is 0 Å². The number of piperidine rings is 1. The van der Waals surface area contributed by atoms with Crippen molar-refractivity contribution >= 4 is 44.2 Å². The third-order valence-corrected chi connectivity index (χ3v) is 18.0. The van der Waals surface area contributed by atoms with Crippen LogP contribution in [-0.4, -0.2) is 126 Å². The molecule has 1 amide bonds. The molecule has 2 aromatic carbocycles. The number of aliphatic hydroxyl groups is 1. The van der Waals surface area contributed by atoms with Gasteiger partial charge in [0, 0.05) is 88.0 Å². The van der Waals surface area contributed by atoms with Crippen molar-refractivity contribution in [2.75, 3.05) is 70.3 Å². The summed E-state index contributed by atoms with van der Waals surface area (Å²) >= 11 is 0. The Hall–Kier alpha value is -7.14. The van der Waals surface area contributed by atoms with Gasteiger partial charge < -0.3 is 39.3 Å². The molecule has 2 aliphatic carbocycles. The Morgan fingerprint density at radius 2 is 1.71 bits per heavy atom. The second kappa shape index (κ2) is 23.1. The van der Waals surface area contributed by atoms with E-state index in [1.54, 1.807) is 40.2 Å². The third kappa shape index (κ3) is 12.0. The maximum Gasteiger partial charge on any atom is 0.312 e. The second-order valence-corrected chi connectivity index (χ2v) is 24.1. The topological polar surface area (TPSA) is 240 Å². The van der Waals surface area contributed by atoms with E-state index in [1.165, 1.54) is 23.3 Å². The molecule has 10 rings (SSSR count). The second-order valence-electron chi connectivity index (χ2n) is 22.4. The summed E-state index contributed by atoms with van der Waals surface area (Å²) < 4.78 is 68.2. The first-order valence-corrected chi connectivity index (χ1v) is 29.0. The molecule has 4 N–H and O–H groups in total. The lowest BCUT2D eigenvalue weighted by molar-refractivity contribution is -0.384. The minimum atomic E-state index is -4.76. The standard InChI is InChI=1S/C58H71FN10O10S/c1-7-78-56-51(28-45-46(59)33-62-52(45)64-56)79-50-26-39(13-14-44(50)54(70)65-80(74,75)41-27-47(69(72)73)53(61-32-41)60-31-37-16-18-57(4,71)19-17-37)67-22-20-58(21-23-67)29-40(30-58)68-25-24-66(34-38-12-15-49(76-5)55(63-38)77-6)35-48(68)43-11-9-8-10-42(43)36(2)3/h8-15,26-28,32-33,36-37,40,48,71H,7,16-25,29-31,34-35H2,1-6H3,(H,60,61)(H,62,64)(H,65,70)/t37?,48-,57?/m0/s1. The fourth-order valence-corrected chi connectivity index (χ4v) is 13.1. The number of benzene rings is 2. The number of aromatic nitrogens is 4. The van der Waals surface area contributed by atoms with E-state index in [1.807, 2.05) is 12.1 Å². The Morgan fingerprint density at radius 3 is 2.42 bits per heavy atom. The van der Waals surface area contributed by atoms with Gasteiger partial charge in [-0.25, -0.2) is 27.5 Å². The molecule has 4 aliphatic rings. The number of nitrogens with one attached hydrogen (secondary N) is 3. The number of pyridine rings is 3. The van der Waals surface area contributed by atoms with Crippen molar-refractivity contribution < 1.29 is 46.6 Å². The number of rotatable bonds is 19. The lowest BCUT2D eigenvalue weighted by Gasteiger charge is -2.58. The van der Waals surface area contributed by atoms with Crippen molar-refractivity contribution in [2.24, 2.45) is 11.3 Å². The van der Waals surface area contributed by atoms with Crippen LogP contribution in [0.2, 0.25) is 0 Å². The SMILES string of the molecule is CCOc1nc2[nH]cc(F)c2cc1Oc1cc(N2CCC3(CC2)CC(N2CCN(Cc4ccc(OC)c(OC)n4)C[C@H]2c2ccccc2C(C)C)C3)ccc1C(=O)NS(=O)(=O)c1cnc(NCC2CCC(C)(O)CC2)c([N+](=O)[O-])c1. The van der Waals surface area contributed by atoms with E-state index in [0.29, 0.717) is 75.5 Å². The Bertz CT molecular complexity index is 3350. The number of carbonyl (C=O) groups is 1. The summed E-state index contributed by atoms with van der Waals surface area (Å²) in [5, 5.41) is 25.7. The number of H-pyrrole nitrogens is 1. The average molecular weight is 1120 g/mol. The number of anilines is 2. The van der Waals surface area contributed by atoms with Gasteiger partial charge in [0.25, 0.3) is 27.7 Å². The number of carbonyl (C=O) groups excluding carboxylic acids is 1. The molecule has 80 heavy (non-hydrogen) atoms. The molecule has 20 nitrogen and oxygen atoms in total. The van der Waals surface area contributed by atoms with Gasteiger partial charge >= 0.3 is 5.69 Å². The number of nitro groups is 1. The Kier molecular flexibility index (Phi) is 16.2. The normalized spacial score (nSPS) is 20.8. The van der Waals surface area contributed by atoms with Crippen LogP contribution in [0.1, 0.15) is 118 Å². The van der Waals surface area contributed by atoms with E-state index in [4.69, 9.17) is 23.9 Å². The third-order valence-electron chi connectivity index (χ3n) is 16.7. The summed E-state index contributed by atoms with van der Waals surface area (Å²) in [6, 6.07) is 20.5. The van der Waals surface area contributed by atoms with Crippen LogP contribution in [-0.2, 0) is 16.6 Å².